The van der Waals surface area contributed by atoms with Crippen molar-refractivity contribution in [2.45, 2.75) is 39.0 Å². The number of carbonyl (C=O) groups excluding carboxylic acids is 2. The van der Waals surface area contributed by atoms with Gasteiger partial charge in [-0.05, 0) is 80.9 Å². The number of primary amides is 1. The van der Waals surface area contributed by atoms with E-state index in [2.05, 4.69) is 5.10 Å². The number of methoxy groups -OCH3 is 1. The monoisotopic (exact) mass is 504 g/mol. The summed E-state index contributed by atoms with van der Waals surface area (Å²) in [7, 11) is 1.57. The Labute approximate surface area is 214 Å². The van der Waals surface area contributed by atoms with E-state index >= 15 is 0 Å². The number of fused-ring (bicyclic) bond motifs is 1. The van der Waals surface area contributed by atoms with Crippen LogP contribution in [0.5, 0.6) is 11.5 Å². The van der Waals surface area contributed by atoms with Gasteiger partial charge in [-0.3, -0.25) is 9.59 Å². The van der Waals surface area contributed by atoms with E-state index in [-0.39, 0.29) is 11.9 Å². The normalized spacial score (nSPS) is 12.8. The molecule has 0 fully saturated rings. The van der Waals surface area contributed by atoms with E-state index in [1.165, 1.54) is 17.0 Å². The Morgan fingerprint density at radius 1 is 1.00 bits per heavy atom. The maximum absolute atomic E-state index is 13.4. The molecule has 4 aromatic rings. The minimum Gasteiger partial charge on any atom is -0.497 e. The average Bonchev–Trinajstić information content (AvgIpc) is 3.30. The number of ether oxygens (including phenoxy) is 2. The zero-order valence-corrected chi connectivity index (χ0v) is 21.1. The second kappa shape index (κ2) is 10.7. The van der Waals surface area contributed by atoms with Crippen molar-refractivity contribution >= 4 is 22.7 Å². The van der Waals surface area contributed by atoms with Gasteiger partial charge in [0.2, 0.25) is 0 Å². The summed E-state index contributed by atoms with van der Waals surface area (Å²) in [6, 6.07) is 18.1. The highest BCUT2D eigenvalue weighted by molar-refractivity contribution is 6.34. The highest BCUT2D eigenvalue weighted by Gasteiger charge is 2.34. The molecule has 2 unspecified atom stereocenters. The number of hydrogen-bond acceptors (Lipinski definition) is 5. The highest BCUT2D eigenvalue weighted by atomic mass is 19.1. The lowest BCUT2D eigenvalue weighted by Gasteiger charge is -2.37. The van der Waals surface area contributed by atoms with Crippen LogP contribution in [-0.4, -0.2) is 45.7 Å². The number of carbonyl (C=O) groups is 2. The molecule has 37 heavy (non-hydrogen) atoms. The van der Waals surface area contributed by atoms with Gasteiger partial charge in [-0.25, -0.2) is 9.07 Å². The van der Waals surface area contributed by atoms with Gasteiger partial charge in [-0.15, -0.1) is 0 Å². The molecular weight excluding hydrogens is 475 g/mol. The summed E-state index contributed by atoms with van der Waals surface area (Å²) in [5.74, 6) is -0.957. The van der Waals surface area contributed by atoms with Gasteiger partial charge < -0.3 is 20.1 Å². The number of nitrogens with two attached hydrogens (primary N) is 1. The first-order valence-electron chi connectivity index (χ1n) is 11.9. The summed E-state index contributed by atoms with van der Waals surface area (Å²) in [6.45, 7) is 5.45. The SMILES string of the molecule is COc1cccc(C(Oc2ccc3c(cnn3-c3ccc(F)cc3)c2)C(C)N(C(=O)C(N)=O)C(C)C)c1. The average molecular weight is 505 g/mol. The molecule has 3 aromatic carbocycles. The summed E-state index contributed by atoms with van der Waals surface area (Å²) in [5.41, 5.74) is 7.65. The Bertz CT molecular complexity index is 1420. The van der Waals surface area contributed by atoms with Crippen LogP contribution in [0.25, 0.3) is 16.6 Å². The minimum absolute atomic E-state index is 0.303. The predicted molar refractivity (Wildman–Crippen MR) is 138 cm³/mol. The number of benzene rings is 3. The first-order valence-corrected chi connectivity index (χ1v) is 11.9. The van der Waals surface area contributed by atoms with Crippen molar-refractivity contribution in [2.24, 2.45) is 5.73 Å². The number of aromatic nitrogens is 2. The topological polar surface area (TPSA) is 99.7 Å². The third-order valence-corrected chi connectivity index (χ3v) is 6.17. The lowest BCUT2D eigenvalue weighted by Crippen LogP contribution is -2.51. The van der Waals surface area contributed by atoms with E-state index in [0.717, 1.165) is 22.2 Å². The van der Waals surface area contributed by atoms with Crippen LogP contribution in [-0.2, 0) is 9.59 Å². The molecule has 2 atom stereocenters. The van der Waals surface area contributed by atoms with Gasteiger partial charge in [-0.1, -0.05) is 12.1 Å². The van der Waals surface area contributed by atoms with Crippen LogP contribution < -0.4 is 15.2 Å². The summed E-state index contributed by atoms with van der Waals surface area (Å²) < 4.78 is 26.9. The molecule has 8 nitrogen and oxygen atoms in total. The van der Waals surface area contributed by atoms with E-state index in [1.807, 2.05) is 57.2 Å². The maximum atomic E-state index is 13.4. The van der Waals surface area contributed by atoms with Crippen molar-refractivity contribution in [1.29, 1.82) is 0 Å². The van der Waals surface area contributed by atoms with Gasteiger partial charge in [0.25, 0.3) is 0 Å². The number of rotatable bonds is 8. The summed E-state index contributed by atoms with van der Waals surface area (Å²) in [4.78, 5) is 25.9. The van der Waals surface area contributed by atoms with Crippen LogP contribution >= 0.6 is 0 Å². The van der Waals surface area contributed by atoms with Gasteiger partial charge >= 0.3 is 11.8 Å². The number of amides is 2. The van der Waals surface area contributed by atoms with Gasteiger partial charge in [0.15, 0.2) is 0 Å². The molecular formula is C28H29FN4O4. The highest BCUT2D eigenvalue weighted by Crippen LogP contribution is 2.32. The predicted octanol–water partition coefficient (Wildman–Crippen LogP) is 4.40. The minimum atomic E-state index is -1.03. The van der Waals surface area contributed by atoms with Crippen LogP contribution in [0.3, 0.4) is 0 Å². The Morgan fingerprint density at radius 3 is 2.38 bits per heavy atom. The van der Waals surface area contributed by atoms with E-state index in [4.69, 9.17) is 15.2 Å². The third-order valence-electron chi connectivity index (χ3n) is 6.17. The fourth-order valence-electron chi connectivity index (χ4n) is 4.45. The lowest BCUT2D eigenvalue weighted by atomic mass is 10.00. The lowest BCUT2D eigenvalue weighted by molar-refractivity contribution is -0.148. The first-order chi connectivity index (χ1) is 17.7. The van der Waals surface area contributed by atoms with Crippen LogP contribution in [0.2, 0.25) is 0 Å². The molecule has 2 N–H and O–H groups in total. The van der Waals surface area contributed by atoms with E-state index < -0.39 is 24.0 Å². The van der Waals surface area contributed by atoms with Gasteiger partial charge in [-0.2, -0.15) is 5.10 Å². The molecule has 4 rings (SSSR count). The fourth-order valence-corrected chi connectivity index (χ4v) is 4.45. The molecule has 192 valence electrons. The number of halogens is 1. The van der Waals surface area contributed by atoms with Crippen molar-refractivity contribution in [1.82, 2.24) is 14.7 Å². The Morgan fingerprint density at radius 2 is 1.73 bits per heavy atom. The molecule has 1 aromatic heterocycles. The van der Waals surface area contributed by atoms with E-state index in [9.17, 15) is 14.0 Å². The van der Waals surface area contributed by atoms with Crippen LogP contribution in [0.4, 0.5) is 4.39 Å². The zero-order chi connectivity index (χ0) is 26.7. The molecule has 0 radical (unpaired) electrons. The van der Waals surface area contributed by atoms with Gasteiger partial charge in [0, 0.05) is 11.4 Å². The van der Waals surface area contributed by atoms with Crippen LogP contribution in [0.1, 0.15) is 32.4 Å². The number of nitrogens with zero attached hydrogens (tertiary/aromatic N) is 3. The first kappa shape index (κ1) is 25.7. The molecule has 0 aliphatic carbocycles. The molecule has 9 heteroatoms. The van der Waals surface area contributed by atoms with Gasteiger partial charge in [0.05, 0.1) is 30.6 Å². The molecule has 0 saturated carbocycles. The Kier molecular flexibility index (Phi) is 7.42. The number of hydrogen-bond donors (Lipinski definition) is 1. The quantitative estimate of drug-likeness (QED) is 0.359. The molecule has 0 spiro atoms. The standard InChI is InChI=1S/C28H29FN4O4/c1-17(2)32(28(35)27(30)34)18(3)26(19-6-5-7-23(14-19)36-4)37-24-12-13-25-20(15-24)16-31-33(25)22-10-8-21(29)9-11-22/h5-18,26H,1-4H3,(H2,30,34). The van der Waals surface area contributed by atoms with E-state index in [1.54, 1.807) is 36.2 Å². The summed E-state index contributed by atoms with van der Waals surface area (Å²) in [6.07, 6.45) is 1.05. The molecule has 0 saturated heterocycles. The van der Waals surface area contributed by atoms with Crippen molar-refractivity contribution < 1.29 is 23.5 Å². The van der Waals surface area contributed by atoms with E-state index in [0.29, 0.717) is 11.5 Å². The molecule has 0 aliphatic heterocycles. The summed E-state index contributed by atoms with van der Waals surface area (Å²) >= 11 is 0. The largest absolute Gasteiger partial charge is 0.497 e. The maximum Gasteiger partial charge on any atom is 0.312 e. The molecule has 0 bridgehead atoms. The van der Waals surface area contributed by atoms with Crippen LogP contribution in [0.15, 0.2) is 72.9 Å². The smallest absolute Gasteiger partial charge is 0.312 e. The van der Waals surface area contributed by atoms with Gasteiger partial charge in [0.1, 0.15) is 23.4 Å². The molecule has 2 amide bonds. The van der Waals surface area contributed by atoms with Crippen molar-refractivity contribution in [3.63, 3.8) is 0 Å². The second-order valence-corrected chi connectivity index (χ2v) is 8.98. The zero-order valence-electron chi connectivity index (χ0n) is 21.1. The third kappa shape index (κ3) is 5.40. The van der Waals surface area contributed by atoms with Crippen molar-refractivity contribution in [2.75, 3.05) is 7.11 Å². The Balaban J connectivity index is 1.72. The Hall–Kier alpha value is -4.40. The summed E-state index contributed by atoms with van der Waals surface area (Å²) in [5, 5.41) is 5.26. The second-order valence-electron chi connectivity index (χ2n) is 8.98. The fraction of sp³-hybridized carbons (Fsp3) is 0.250. The molecule has 1 heterocycles. The van der Waals surface area contributed by atoms with Crippen LogP contribution in [0, 0.1) is 5.82 Å². The molecule has 0 aliphatic rings. The van der Waals surface area contributed by atoms with Crippen molar-refractivity contribution in [3.05, 3.63) is 84.3 Å². The van der Waals surface area contributed by atoms with Crippen molar-refractivity contribution in [3.8, 4) is 17.2 Å².